The van der Waals surface area contributed by atoms with Crippen LogP contribution < -0.4 is 0 Å². The molecule has 1 amide bonds. The molecule has 2 aromatic rings. The van der Waals surface area contributed by atoms with Crippen LogP contribution >= 0.6 is 11.3 Å². The molecule has 0 spiro atoms. The van der Waals surface area contributed by atoms with Crippen LogP contribution in [0.3, 0.4) is 0 Å². The molecule has 1 saturated carbocycles. The fourth-order valence-corrected chi connectivity index (χ4v) is 3.57. The molecular weight excluding hydrogens is 284 g/mol. The number of nitrogens with zero attached hydrogens (tertiary/aromatic N) is 4. The Bertz CT molecular complexity index is 632. The Morgan fingerprint density at radius 2 is 2.29 bits per heavy atom. The largest absolute Gasteiger partial charge is 0.340 e. The van der Waals surface area contributed by atoms with Gasteiger partial charge in [-0.1, -0.05) is 5.21 Å². The number of thiophene rings is 1. The second kappa shape index (κ2) is 5.26. The van der Waals surface area contributed by atoms with E-state index in [9.17, 15) is 4.79 Å². The first kappa shape index (κ1) is 13.0. The zero-order chi connectivity index (χ0) is 14.2. The van der Waals surface area contributed by atoms with Crippen molar-refractivity contribution in [2.24, 2.45) is 0 Å². The highest BCUT2D eigenvalue weighted by molar-refractivity contribution is 7.07. The van der Waals surface area contributed by atoms with Crippen LogP contribution in [0.1, 0.15) is 42.5 Å². The lowest BCUT2D eigenvalue weighted by Crippen LogP contribution is -2.30. The summed E-state index contributed by atoms with van der Waals surface area (Å²) in [6.45, 7) is 1.59. The van der Waals surface area contributed by atoms with Gasteiger partial charge >= 0.3 is 0 Å². The molecule has 5 nitrogen and oxygen atoms in total. The molecule has 2 aliphatic rings. The molecule has 1 aliphatic carbocycles. The molecule has 21 heavy (non-hydrogen) atoms. The number of carbonyl (C=O) groups excluding carboxylic acids is 1. The number of hydrogen-bond acceptors (Lipinski definition) is 4. The first-order valence-corrected chi connectivity index (χ1v) is 8.44. The number of carbonyl (C=O) groups is 1. The Labute approximate surface area is 127 Å². The monoisotopic (exact) mass is 302 g/mol. The maximum atomic E-state index is 12.3. The first-order chi connectivity index (χ1) is 10.3. The molecule has 2 fully saturated rings. The van der Waals surface area contributed by atoms with Gasteiger partial charge < -0.3 is 4.90 Å². The second-order valence-corrected chi connectivity index (χ2v) is 6.77. The zero-order valence-corrected chi connectivity index (χ0v) is 12.6. The van der Waals surface area contributed by atoms with Gasteiger partial charge in [-0.3, -0.25) is 4.79 Å². The van der Waals surface area contributed by atoms with Gasteiger partial charge in [-0.25, -0.2) is 4.68 Å². The van der Waals surface area contributed by atoms with Crippen molar-refractivity contribution in [3.05, 3.63) is 34.3 Å². The summed E-state index contributed by atoms with van der Waals surface area (Å²) < 4.78 is 1.96. The minimum Gasteiger partial charge on any atom is -0.340 e. The fourth-order valence-electron chi connectivity index (χ4n) is 2.90. The summed E-state index contributed by atoms with van der Waals surface area (Å²) in [4.78, 5) is 14.3. The third-order valence-electron chi connectivity index (χ3n) is 4.35. The van der Waals surface area contributed by atoms with E-state index in [1.54, 1.807) is 11.3 Å². The molecule has 110 valence electrons. The molecule has 1 atom stereocenters. The van der Waals surface area contributed by atoms with Gasteiger partial charge in [0.2, 0.25) is 5.91 Å². The van der Waals surface area contributed by atoms with Gasteiger partial charge in [0, 0.05) is 25.2 Å². The zero-order valence-electron chi connectivity index (χ0n) is 11.8. The van der Waals surface area contributed by atoms with Crippen molar-refractivity contribution < 1.29 is 4.79 Å². The van der Waals surface area contributed by atoms with Gasteiger partial charge in [0.05, 0.1) is 18.2 Å². The van der Waals surface area contributed by atoms with Crippen LogP contribution in [0.5, 0.6) is 0 Å². The lowest BCUT2D eigenvalue weighted by molar-refractivity contribution is -0.129. The maximum Gasteiger partial charge on any atom is 0.227 e. The van der Waals surface area contributed by atoms with E-state index in [1.165, 1.54) is 12.8 Å². The van der Waals surface area contributed by atoms with E-state index >= 15 is 0 Å². The molecule has 2 aromatic heterocycles. The topological polar surface area (TPSA) is 51.0 Å². The van der Waals surface area contributed by atoms with E-state index in [4.69, 9.17) is 0 Å². The maximum absolute atomic E-state index is 12.3. The summed E-state index contributed by atoms with van der Waals surface area (Å²) in [6.07, 6.45) is 6.06. The number of aromatic nitrogens is 3. The van der Waals surface area contributed by atoms with E-state index < -0.39 is 0 Å². The van der Waals surface area contributed by atoms with Crippen LogP contribution in [0.25, 0.3) is 0 Å². The SMILES string of the molecule is O=C(Cc1ccsc1)N1CCC(n2cc(C3CC3)nn2)C1. The van der Waals surface area contributed by atoms with Crippen LogP contribution in [0, 0.1) is 0 Å². The Hall–Kier alpha value is -1.69. The van der Waals surface area contributed by atoms with E-state index in [0.717, 1.165) is 30.8 Å². The smallest absolute Gasteiger partial charge is 0.227 e. The highest BCUT2D eigenvalue weighted by Gasteiger charge is 2.31. The summed E-state index contributed by atoms with van der Waals surface area (Å²) in [6, 6.07) is 2.31. The van der Waals surface area contributed by atoms with Crippen molar-refractivity contribution >= 4 is 17.2 Å². The molecule has 4 rings (SSSR count). The third kappa shape index (κ3) is 2.72. The molecule has 1 unspecified atom stereocenters. The molecule has 0 aromatic carbocycles. The molecule has 3 heterocycles. The second-order valence-electron chi connectivity index (χ2n) is 5.99. The summed E-state index contributed by atoms with van der Waals surface area (Å²) in [5, 5.41) is 12.6. The van der Waals surface area contributed by atoms with Crippen molar-refractivity contribution in [3.8, 4) is 0 Å². The van der Waals surface area contributed by atoms with E-state index in [0.29, 0.717) is 12.3 Å². The summed E-state index contributed by atoms with van der Waals surface area (Å²) in [5.74, 6) is 0.856. The lowest BCUT2D eigenvalue weighted by Gasteiger charge is -2.16. The van der Waals surface area contributed by atoms with Crippen molar-refractivity contribution in [2.45, 2.75) is 37.6 Å². The fraction of sp³-hybridized carbons (Fsp3) is 0.533. The van der Waals surface area contributed by atoms with Crippen LogP contribution in [-0.4, -0.2) is 38.9 Å². The average Bonchev–Trinajstić information content (AvgIpc) is 2.94. The van der Waals surface area contributed by atoms with Gasteiger partial charge in [0.25, 0.3) is 0 Å². The van der Waals surface area contributed by atoms with Gasteiger partial charge in [0.1, 0.15) is 0 Å². The quantitative estimate of drug-likeness (QED) is 0.870. The Balaban J connectivity index is 1.38. The number of hydrogen-bond donors (Lipinski definition) is 0. The predicted octanol–water partition coefficient (Wildman–Crippen LogP) is 2.23. The molecule has 0 N–H and O–H groups in total. The Morgan fingerprint density at radius 3 is 3.05 bits per heavy atom. The number of amides is 1. The first-order valence-electron chi connectivity index (χ1n) is 7.50. The molecule has 0 bridgehead atoms. The van der Waals surface area contributed by atoms with Crippen molar-refractivity contribution in [3.63, 3.8) is 0 Å². The predicted molar refractivity (Wildman–Crippen MR) is 80.3 cm³/mol. The molecule has 6 heteroatoms. The molecule has 0 radical (unpaired) electrons. The summed E-state index contributed by atoms with van der Waals surface area (Å²) in [5.41, 5.74) is 2.24. The summed E-state index contributed by atoms with van der Waals surface area (Å²) >= 11 is 1.64. The van der Waals surface area contributed by atoms with E-state index in [1.807, 2.05) is 26.4 Å². The average molecular weight is 302 g/mol. The van der Waals surface area contributed by atoms with Crippen molar-refractivity contribution in [1.82, 2.24) is 19.9 Å². The van der Waals surface area contributed by atoms with Crippen LogP contribution in [-0.2, 0) is 11.2 Å². The van der Waals surface area contributed by atoms with E-state index in [-0.39, 0.29) is 11.9 Å². The van der Waals surface area contributed by atoms with Crippen LogP contribution in [0.15, 0.2) is 23.0 Å². The lowest BCUT2D eigenvalue weighted by atomic mass is 10.2. The minimum absolute atomic E-state index is 0.221. The molecular formula is C15H18N4OS. The van der Waals surface area contributed by atoms with Crippen LogP contribution in [0.2, 0.25) is 0 Å². The highest BCUT2D eigenvalue weighted by atomic mass is 32.1. The minimum atomic E-state index is 0.221. The number of rotatable bonds is 4. The summed E-state index contributed by atoms with van der Waals surface area (Å²) in [7, 11) is 0. The van der Waals surface area contributed by atoms with Gasteiger partial charge in [-0.05, 0) is 41.7 Å². The van der Waals surface area contributed by atoms with Crippen LogP contribution in [0.4, 0.5) is 0 Å². The van der Waals surface area contributed by atoms with E-state index in [2.05, 4.69) is 16.5 Å². The normalized spacial score (nSPS) is 21.9. The number of likely N-dealkylation sites (tertiary alicyclic amines) is 1. The van der Waals surface area contributed by atoms with Gasteiger partial charge in [-0.2, -0.15) is 11.3 Å². The molecule has 1 saturated heterocycles. The van der Waals surface area contributed by atoms with Crippen molar-refractivity contribution in [1.29, 1.82) is 0 Å². The van der Waals surface area contributed by atoms with Crippen molar-refractivity contribution in [2.75, 3.05) is 13.1 Å². The highest BCUT2D eigenvalue weighted by Crippen LogP contribution is 2.39. The van der Waals surface area contributed by atoms with Gasteiger partial charge in [-0.15, -0.1) is 5.10 Å². The third-order valence-corrected chi connectivity index (χ3v) is 5.08. The Kier molecular flexibility index (Phi) is 3.25. The molecule has 1 aliphatic heterocycles. The standard InChI is InChI=1S/C15H18N4OS/c20-15(7-11-4-6-21-10-11)18-5-3-13(8-18)19-9-14(16-17-19)12-1-2-12/h4,6,9-10,12-13H,1-3,5,7-8H2. The Morgan fingerprint density at radius 1 is 1.38 bits per heavy atom. The van der Waals surface area contributed by atoms with Gasteiger partial charge in [0.15, 0.2) is 0 Å².